The van der Waals surface area contributed by atoms with Gasteiger partial charge in [-0.05, 0) is 18.4 Å². The molecule has 25 heavy (non-hydrogen) atoms. The van der Waals surface area contributed by atoms with E-state index in [1.807, 2.05) is 0 Å². The summed E-state index contributed by atoms with van der Waals surface area (Å²) >= 11 is 0. The fourth-order valence-corrected chi connectivity index (χ4v) is 3.42. The third-order valence-corrected chi connectivity index (χ3v) is 5.24. The zero-order chi connectivity index (χ0) is 17.7. The maximum Gasteiger partial charge on any atom is 0.127 e. The molecular formula is C23H28NO+. The van der Waals surface area contributed by atoms with E-state index in [4.69, 9.17) is 4.74 Å². The van der Waals surface area contributed by atoms with Crippen molar-refractivity contribution in [1.29, 1.82) is 0 Å². The summed E-state index contributed by atoms with van der Waals surface area (Å²) in [5, 5.41) is 2.41. The second kappa shape index (κ2) is 7.71. The number of quaternary nitrogens is 1. The molecule has 3 rings (SSSR count). The molecule has 0 aliphatic rings. The Kier molecular flexibility index (Phi) is 5.40. The number of hydrogen-bond acceptors (Lipinski definition) is 1. The average Bonchev–Trinajstić information content (AvgIpc) is 2.66. The lowest BCUT2D eigenvalue weighted by molar-refractivity contribution is -0.919. The van der Waals surface area contributed by atoms with Crippen LogP contribution in [0.2, 0.25) is 0 Å². The Morgan fingerprint density at radius 3 is 2.28 bits per heavy atom. The molecular weight excluding hydrogens is 306 g/mol. The van der Waals surface area contributed by atoms with Crippen molar-refractivity contribution in [2.24, 2.45) is 0 Å². The first-order valence-electron chi connectivity index (χ1n) is 9.10. The smallest absolute Gasteiger partial charge is 0.127 e. The second-order valence-electron chi connectivity index (χ2n) is 7.14. The van der Waals surface area contributed by atoms with E-state index in [9.17, 15) is 0 Å². The van der Waals surface area contributed by atoms with Crippen LogP contribution >= 0.6 is 0 Å². The molecule has 0 amide bonds. The van der Waals surface area contributed by atoms with E-state index in [1.165, 1.54) is 16.3 Å². The van der Waals surface area contributed by atoms with Crippen LogP contribution in [0.1, 0.15) is 24.9 Å². The van der Waals surface area contributed by atoms with Crippen LogP contribution in [0, 0.1) is 0 Å². The van der Waals surface area contributed by atoms with E-state index >= 15 is 0 Å². The van der Waals surface area contributed by atoms with Gasteiger partial charge in [-0.25, -0.2) is 0 Å². The summed E-state index contributed by atoms with van der Waals surface area (Å²) in [5.74, 6) is 0.978. The molecule has 0 aliphatic heterocycles. The summed E-state index contributed by atoms with van der Waals surface area (Å²) in [7, 11) is 4.60. The minimum Gasteiger partial charge on any atom is -0.493 e. The highest BCUT2D eigenvalue weighted by atomic mass is 16.5. The molecule has 0 saturated carbocycles. The van der Waals surface area contributed by atoms with Crippen LogP contribution in [0.25, 0.3) is 10.8 Å². The first-order chi connectivity index (χ1) is 12.1. The van der Waals surface area contributed by atoms with Gasteiger partial charge in [0, 0.05) is 17.4 Å². The predicted octanol–water partition coefficient (Wildman–Crippen LogP) is 5.45. The monoisotopic (exact) mass is 334 g/mol. The summed E-state index contributed by atoms with van der Waals surface area (Å²) in [6, 6.07) is 25.9. The normalized spacial score (nSPS) is 12.9. The minimum absolute atomic E-state index is 0.432. The Balaban J connectivity index is 1.75. The summed E-state index contributed by atoms with van der Waals surface area (Å²) in [5.41, 5.74) is 1.39. The summed E-state index contributed by atoms with van der Waals surface area (Å²) < 4.78 is 7.16. The SMILES string of the molecule is CC[N+](C)(C)[C@@H](CCOc1cccc2ccccc12)c1ccccc1. The molecule has 130 valence electrons. The Hall–Kier alpha value is -2.32. The average molecular weight is 334 g/mol. The molecule has 0 spiro atoms. The topological polar surface area (TPSA) is 9.23 Å². The summed E-state index contributed by atoms with van der Waals surface area (Å²) in [6.45, 7) is 4.06. The van der Waals surface area contributed by atoms with E-state index in [-0.39, 0.29) is 0 Å². The standard InChI is InChI=1S/C23H28NO/c1-4-24(2,3)22(20-12-6-5-7-13-20)17-18-25-23-16-10-14-19-11-8-9-15-21(19)23/h5-16,22H,4,17-18H2,1-3H3/q+1/t22-/m0/s1. The van der Waals surface area contributed by atoms with Gasteiger partial charge in [0.2, 0.25) is 0 Å². The van der Waals surface area contributed by atoms with Crippen LogP contribution in [0.15, 0.2) is 72.8 Å². The Bertz CT molecular complexity index is 805. The molecule has 2 nitrogen and oxygen atoms in total. The molecule has 0 aliphatic carbocycles. The maximum atomic E-state index is 6.20. The maximum absolute atomic E-state index is 6.20. The van der Waals surface area contributed by atoms with Gasteiger partial charge in [-0.1, -0.05) is 66.7 Å². The highest BCUT2D eigenvalue weighted by Crippen LogP contribution is 2.30. The molecule has 3 aromatic rings. The quantitative estimate of drug-likeness (QED) is 0.522. The number of hydrogen-bond donors (Lipinski definition) is 0. The molecule has 0 bridgehead atoms. The van der Waals surface area contributed by atoms with Gasteiger partial charge >= 0.3 is 0 Å². The molecule has 3 aromatic carbocycles. The van der Waals surface area contributed by atoms with E-state index in [0.29, 0.717) is 6.04 Å². The van der Waals surface area contributed by atoms with Crippen molar-refractivity contribution in [3.63, 3.8) is 0 Å². The Morgan fingerprint density at radius 1 is 0.840 bits per heavy atom. The van der Waals surface area contributed by atoms with Crippen molar-refractivity contribution in [3.8, 4) is 5.75 Å². The van der Waals surface area contributed by atoms with E-state index < -0.39 is 0 Å². The minimum atomic E-state index is 0.432. The summed E-state index contributed by atoms with van der Waals surface area (Å²) in [6.07, 6.45) is 0.994. The van der Waals surface area contributed by atoms with Crippen LogP contribution in [-0.2, 0) is 0 Å². The number of rotatable bonds is 7. The third kappa shape index (κ3) is 4.02. The highest BCUT2D eigenvalue weighted by Gasteiger charge is 2.28. The van der Waals surface area contributed by atoms with Gasteiger partial charge in [-0.3, -0.25) is 0 Å². The number of fused-ring (bicyclic) bond motifs is 1. The fraction of sp³-hybridized carbons (Fsp3) is 0.304. The van der Waals surface area contributed by atoms with Crippen LogP contribution in [-0.4, -0.2) is 31.7 Å². The molecule has 0 fully saturated rings. The molecule has 0 heterocycles. The second-order valence-corrected chi connectivity index (χ2v) is 7.14. The largest absolute Gasteiger partial charge is 0.493 e. The lowest BCUT2D eigenvalue weighted by Crippen LogP contribution is -2.43. The first-order valence-corrected chi connectivity index (χ1v) is 9.10. The van der Waals surface area contributed by atoms with Crippen LogP contribution < -0.4 is 4.74 Å². The van der Waals surface area contributed by atoms with Gasteiger partial charge in [0.25, 0.3) is 0 Å². The van der Waals surface area contributed by atoms with Crippen molar-refractivity contribution in [2.45, 2.75) is 19.4 Å². The van der Waals surface area contributed by atoms with Gasteiger partial charge in [-0.2, -0.15) is 0 Å². The van der Waals surface area contributed by atoms with Crippen molar-refractivity contribution < 1.29 is 9.22 Å². The molecule has 1 atom stereocenters. The van der Waals surface area contributed by atoms with Crippen LogP contribution in [0.5, 0.6) is 5.75 Å². The number of ether oxygens (including phenoxy) is 1. The van der Waals surface area contributed by atoms with E-state index in [2.05, 4.69) is 93.8 Å². The van der Waals surface area contributed by atoms with Gasteiger partial charge in [0.05, 0.1) is 27.2 Å². The summed E-state index contributed by atoms with van der Waals surface area (Å²) in [4.78, 5) is 0. The molecule has 0 radical (unpaired) electrons. The van der Waals surface area contributed by atoms with Crippen molar-refractivity contribution in [2.75, 3.05) is 27.2 Å². The van der Waals surface area contributed by atoms with Crippen LogP contribution in [0.4, 0.5) is 0 Å². The molecule has 2 heteroatoms. The molecule has 0 N–H and O–H groups in total. The zero-order valence-electron chi connectivity index (χ0n) is 15.5. The molecule has 0 saturated heterocycles. The van der Waals surface area contributed by atoms with Gasteiger partial charge in [-0.15, -0.1) is 0 Å². The third-order valence-electron chi connectivity index (χ3n) is 5.24. The fourth-order valence-electron chi connectivity index (χ4n) is 3.42. The lowest BCUT2D eigenvalue weighted by atomic mass is 10.0. The number of benzene rings is 3. The van der Waals surface area contributed by atoms with Gasteiger partial charge in [0.15, 0.2) is 0 Å². The van der Waals surface area contributed by atoms with Crippen molar-refractivity contribution >= 4 is 10.8 Å². The van der Waals surface area contributed by atoms with Crippen LogP contribution in [0.3, 0.4) is 0 Å². The molecule has 0 aromatic heterocycles. The Labute approximate surface area is 151 Å². The lowest BCUT2D eigenvalue weighted by Gasteiger charge is -2.37. The Morgan fingerprint density at radius 2 is 1.52 bits per heavy atom. The molecule has 0 unspecified atom stereocenters. The van der Waals surface area contributed by atoms with Crippen molar-refractivity contribution in [3.05, 3.63) is 78.4 Å². The van der Waals surface area contributed by atoms with Gasteiger partial charge in [0.1, 0.15) is 11.8 Å². The van der Waals surface area contributed by atoms with E-state index in [1.54, 1.807) is 0 Å². The van der Waals surface area contributed by atoms with Crippen molar-refractivity contribution in [1.82, 2.24) is 0 Å². The van der Waals surface area contributed by atoms with Gasteiger partial charge < -0.3 is 9.22 Å². The predicted molar refractivity (Wildman–Crippen MR) is 106 cm³/mol. The van der Waals surface area contributed by atoms with E-state index in [0.717, 1.165) is 29.8 Å². The zero-order valence-corrected chi connectivity index (χ0v) is 15.5. The highest BCUT2D eigenvalue weighted by molar-refractivity contribution is 5.88. The number of nitrogens with zero attached hydrogens (tertiary/aromatic N) is 1. The first kappa shape index (κ1) is 17.5.